The molecule has 0 unspecified atom stereocenters. The highest BCUT2D eigenvalue weighted by Crippen LogP contribution is 2.28. The Hall–Kier alpha value is -0.840. The molecule has 20 heavy (non-hydrogen) atoms. The van der Waals surface area contributed by atoms with Crippen molar-refractivity contribution in [3.05, 3.63) is 55.6 Å². The molecule has 0 N–H and O–H groups in total. The van der Waals surface area contributed by atoms with Gasteiger partial charge in [0.25, 0.3) is 5.91 Å². The lowest BCUT2D eigenvalue weighted by molar-refractivity contribution is 0.0692. The summed E-state index contributed by atoms with van der Waals surface area (Å²) in [7, 11) is 0. The van der Waals surface area contributed by atoms with Crippen LogP contribution in [0, 0.1) is 0 Å². The molecule has 2 nitrogen and oxygen atoms in total. The van der Waals surface area contributed by atoms with Crippen molar-refractivity contribution >= 4 is 44.8 Å². The van der Waals surface area contributed by atoms with Gasteiger partial charge < -0.3 is 4.90 Å². The van der Waals surface area contributed by atoms with Gasteiger partial charge in [-0.15, -0.1) is 11.3 Å². The van der Waals surface area contributed by atoms with Gasteiger partial charge in [0.1, 0.15) is 0 Å². The zero-order chi connectivity index (χ0) is 14.7. The van der Waals surface area contributed by atoms with Crippen molar-refractivity contribution in [2.45, 2.75) is 26.4 Å². The number of thiophene rings is 1. The van der Waals surface area contributed by atoms with Gasteiger partial charge in [0.05, 0.1) is 17.1 Å². The Morgan fingerprint density at radius 3 is 2.70 bits per heavy atom. The van der Waals surface area contributed by atoms with Crippen molar-refractivity contribution in [2.75, 3.05) is 0 Å². The summed E-state index contributed by atoms with van der Waals surface area (Å²) in [5, 5.41) is 2.49. The molecule has 1 aromatic carbocycles. The first-order valence-electron chi connectivity index (χ1n) is 6.28. The van der Waals surface area contributed by atoms with Gasteiger partial charge in [-0.05, 0) is 53.4 Å². The van der Waals surface area contributed by atoms with E-state index in [0.29, 0.717) is 17.1 Å². The summed E-state index contributed by atoms with van der Waals surface area (Å²) >= 11 is 11.2. The topological polar surface area (TPSA) is 20.3 Å². The van der Waals surface area contributed by atoms with E-state index >= 15 is 0 Å². The second kappa shape index (κ2) is 6.74. The number of carbonyl (C=O) groups is 1. The maximum absolute atomic E-state index is 12.7. The highest BCUT2D eigenvalue weighted by molar-refractivity contribution is 9.10. The minimum Gasteiger partial charge on any atom is -0.331 e. The molecule has 0 aliphatic carbocycles. The van der Waals surface area contributed by atoms with Crippen LogP contribution in [0.2, 0.25) is 5.02 Å². The normalized spacial score (nSPS) is 10.8. The molecule has 1 amide bonds. The quantitative estimate of drug-likeness (QED) is 0.721. The molecule has 106 valence electrons. The van der Waals surface area contributed by atoms with E-state index in [1.807, 2.05) is 48.4 Å². The molecule has 1 aromatic heterocycles. The van der Waals surface area contributed by atoms with Crippen LogP contribution in [0.3, 0.4) is 0 Å². The van der Waals surface area contributed by atoms with Crippen LogP contribution in [-0.2, 0) is 6.54 Å². The lowest BCUT2D eigenvalue weighted by Crippen LogP contribution is -2.36. The third-order valence-corrected chi connectivity index (χ3v) is 5.13. The van der Waals surface area contributed by atoms with E-state index < -0.39 is 0 Å². The Balaban J connectivity index is 2.29. The van der Waals surface area contributed by atoms with Gasteiger partial charge in [-0.1, -0.05) is 23.7 Å². The standard InChI is InChI=1S/C15H15BrClNOS/c1-10(2)18(9-11-5-4-8-20-11)15(19)12-6-3-7-13(16)14(12)17/h3-8,10H,9H2,1-2H3. The van der Waals surface area contributed by atoms with Crippen molar-refractivity contribution in [1.82, 2.24) is 4.90 Å². The SMILES string of the molecule is CC(C)N(Cc1cccs1)C(=O)c1cccc(Br)c1Cl. The summed E-state index contributed by atoms with van der Waals surface area (Å²) in [6, 6.07) is 9.56. The predicted octanol–water partition coefficient (Wildman–Crippen LogP) is 5.21. The molecule has 0 aliphatic heterocycles. The number of halogens is 2. The third kappa shape index (κ3) is 3.43. The van der Waals surface area contributed by atoms with E-state index in [0.717, 1.165) is 9.35 Å². The number of amides is 1. The monoisotopic (exact) mass is 371 g/mol. The second-order valence-electron chi connectivity index (χ2n) is 4.71. The molecular formula is C15H15BrClNOS. The molecular weight excluding hydrogens is 358 g/mol. The molecule has 0 saturated heterocycles. The van der Waals surface area contributed by atoms with Crippen LogP contribution in [-0.4, -0.2) is 16.8 Å². The van der Waals surface area contributed by atoms with Gasteiger partial charge >= 0.3 is 0 Å². The Morgan fingerprint density at radius 2 is 2.10 bits per heavy atom. The average Bonchev–Trinajstić information content (AvgIpc) is 2.91. The fraction of sp³-hybridized carbons (Fsp3) is 0.267. The van der Waals surface area contributed by atoms with Gasteiger partial charge in [-0.25, -0.2) is 0 Å². The van der Waals surface area contributed by atoms with E-state index in [1.54, 1.807) is 17.4 Å². The van der Waals surface area contributed by atoms with Crippen LogP contribution in [0.5, 0.6) is 0 Å². The van der Waals surface area contributed by atoms with Crippen molar-refractivity contribution in [3.63, 3.8) is 0 Å². The van der Waals surface area contributed by atoms with Crippen molar-refractivity contribution in [2.24, 2.45) is 0 Å². The minimum absolute atomic E-state index is 0.0419. The molecule has 0 bridgehead atoms. The summed E-state index contributed by atoms with van der Waals surface area (Å²) in [5.41, 5.74) is 0.534. The van der Waals surface area contributed by atoms with E-state index in [9.17, 15) is 4.79 Å². The summed E-state index contributed by atoms with van der Waals surface area (Å²) < 4.78 is 0.741. The number of hydrogen-bond donors (Lipinski definition) is 0. The Labute approximate surface area is 136 Å². The summed E-state index contributed by atoms with van der Waals surface area (Å²) in [6.45, 7) is 4.63. The number of carbonyl (C=O) groups excluding carboxylic acids is 1. The van der Waals surface area contributed by atoms with Crippen molar-refractivity contribution in [3.8, 4) is 0 Å². The van der Waals surface area contributed by atoms with Gasteiger partial charge in [-0.2, -0.15) is 0 Å². The van der Waals surface area contributed by atoms with E-state index in [1.165, 1.54) is 0 Å². The molecule has 0 radical (unpaired) electrons. The molecule has 0 atom stereocenters. The lowest BCUT2D eigenvalue weighted by atomic mass is 10.1. The lowest BCUT2D eigenvalue weighted by Gasteiger charge is -2.27. The van der Waals surface area contributed by atoms with Gasteiger partial charge in [0, 0.05) is 15.4 Å². The van der Waals surface area contributed by atoms with E-state index in [-0.39, 0.29) is 11.9 Å². The highest BCUT2D eigenvalue weighted by atomic mass is 79.9. The highest BCUT2D eigenvalue weighted by Gasteiger charge is 2.22. The molecule has 5 heteroatoms. The first-order valence-corrected chi connectivity index (χ1v) is 8.33. The molecule has 0 saturated carbocycles. The number of hydrogen-bond acceptors (Lipinski definition) is 2. The third-order valence-electron chi connectivity index (χ3n) is 2.97. The molecule has 0 fully saturated rings. The number of nitrogens with zero attached hydrogens (tertiary/aromatic N) is 1. The van der Waals surface area contributed by atoms with Gasteiger partial charge in [0.15, 0.2) is 0 Å². The first kappa shape index (κ1) is 15.5. The zero-order valence-electron chi connectivity index (χ0n) is 11.3. The zero-order valence-corrected chi connectivity index (χ0v) is 14.4. The summed E-state index contributed by atoms with van der Waals surface area (Å²) in [6.07, 6.45) is 0. The van der Waals surface area contributed by atoms with Crippen LogP contribution in [0.1, 0.15) is 29.1 Å². The first-order chi connectivity index (χ1) is 9.50. The molecule has 2 rings (SSSR count). The Morgan fingerprint density at radius 1 is 1.35 bits per heavy atom. The molecule has 0 aliphatic rings. The van der Waals surface area contributed by atoms with Gasteiger partial charge in [-0.3, -0.25) is 4.79 Å². The Kier molecular flexibility index (Phi) is 5.24. The van der Waals surface area contributed by atoms with Crippen LogP contribution in [0.25, 0.3) is 0 Å². The fourth-order valence-corrected chi connectivity index (χ4v) is 3.16. The van der Waals surface area contributed by atoms with Crippen LogP contribution in [0.4, 0.5) is 0 Å². The Bertz CT molecular complexity index is 598. The van der Waals surface area contributed by atoms with E-state index in [2.05, 4.69) is 15.9 Å². The predicted molar refractivity (Wildman–Crippen MR) is 88.5 cm³/mol. The number of benzene rings is 1. The van der Waals surface area contributed by atoms with Crippen molar-refractivity contribution in [1.29, 1.82) is 0 Å². The maximum Gasteiger partial charge on any atom is 0.255 e. The fourth-order valence-electron chi connectivity index (χ4n) is 1.88. The molecule has 0 spiro atoms. The summed E-state index contributed by atoms with van der Waals surface area (Å²) in [4.78, 5) is 15.7. The maximum atomic E-state index is 12.7. The molecule has 1 heterocycles. The largest absolute Gasteiger partial charge is 0.331 e. The average molecular weight is 373 g/mol. The van der Waals surface area contributed by atoms with Crippen LogP contribution >= 0.6 is 38.9 Å². The summed E-state index contributed by atoms with van der Waals surface area (Å²) in [5.74, 6) is -0.0419. The molecule has 2 aromatic rings. The van der Waals surface area contributed by atoms with Crippen LogP contribution < -0.4 is 0 Å². The van der Waals surface area contributed by atoms with E-state index in [4.69, 9.17) is 11.6 Å². The van der Waals surface area contributed by atoms with Crippen LogP contribution in [0.15, 0.2) is 40.2 Å². The number of rotatable bonds is 4. The minimum atomic E-state index is -0.0419. The van der Waals surface area contributed by atoms with Gasteiger partial charge in [0.2, 0.25) is 0 Å². The smallest absolute Gasteiger partial charge is 0.255 e. The van der Waals surface area contributed by atoms with Crippen molar-refractivity contribution < 1.29 is 4.79 Å². The second-order valence-corrected chi connectivity index (χ2v) is 6.97.